The van der Waals surface area contributed by atoms with Crippen LogP contribution in [0, 0.1) is 23.9 Å². The highest BCUT2D eigenvalue weighted by Gasteiger charge is 2.15. The molecule has 2 N–H and O–H groups in total. The number of fused-ring (bicyclic) bond motifs is 2. The Kier molecular flexibility index (Phi) is 4.56. The summed E-state index contributed by atoms with van der Waals surface area (Å²) in [6, 6.07) is 9.74. The molecule has 0 aliphatic rings. The number of nitrogens with one attached hydrogen (secondary N) is 2. The van der Waals surface area contributed by atoms with E-state index in [1.165, 1.54) is 12.1 Å². The van der Waals surface area contributed by atoms with Crippen LogP contribution in [-0.2, 0) is 0 Å². The third-order valence-electron chi connectivity index (χ3n) is 3.37. The third kappa shape index (κ3) is 3.26. The Morgan fingerprint density at radius 1 is 0.960 bits per heavy atom. The Labute approximate surface area is 152 Å². The molecular weight excluding hydrogens is 443 g/mol. The van der Waals surface area contributed by atoms with E-state index in [2.05, 4.69) is 43.0 Å². The van der Waals surface area contributed by atoms with E-state index in [1.807, 2.05) is 0 Å². The van der Waals surface area contributed by atoms with Crippen LogP contribution in [0.1, 0.15) is 0 Å². The van der Waals surface area contributed by atoms with Gasteiger partial charge in [0, 0.05) is 22.9 Å². The lowest BCUT2D eigenvalue weighted by Gasteiger charge is -1.90. The fourth-order valence-corrected chi connectivity index (χ4v) is 2.80. The number of non-ortho nitro benzene ring substituents is 2. The zero-order chi connectivity index (χ0) is 18.0. The van der Waals surface area contributed by atoms with E-state index in [4.69, 9.17) is 0 Å². The minimum atomic E-state index is -0.431. The lowest BCUT2D eigenvalue weighted by atomic mass is 10.2. The average Bonchev–Trinajstić information content (AvgIpc) is 3.21. The molecular formula is C14H9IN6O4. The van der Waals surface area contributed by atoms with E-state index < -0.39 is 9.85 Å². The molecule has 126 valence electrons. The van der Waals surface area contributed by atoms with Crippen LogP contribution in [0.2, 0.25) is 0 Å². The van der Waals surface area contributed by atoms with Crippen LogP contribution in [0.15, 0.2) is 42.6 Å². The van der Waals surface area contributed by atoms with E-state index in [1.54, 1.807) is 30.5 Å². The zero-order valence-corrected chi connectivity index (χ0v) is 14.5. The Bertz CT molecular complexity index is 1090. The molecule has 0 atom stereocenters. The second-order valence-corrected chi connectivity index (χ2v) is 5.92. The van der Waals surface area contributed by atoms with Crippen molar-refractivity contribution in [1.29, 1.82) is 0 Å². The normalized spacial score (nSPS) is 10.4. The van der Waals surface area contributed by atoms with Crippen molar-refractivity contribution < 1.29 is 9.85 Å². The van der Waals surface area contributed by atoms with E-state index in [-0.39, 0.29) is 11.4 Å². The third-order valence-corrected chi connectivity index (χ3v) is 4.19. The summed E-state index contributed by atoms with van der Waals surface area (Å²) in [5.74, 6) is 0. The van der Waals surface area contributed by atoms with Crippen molar-refractivity contribution >= 4 is 55.8 Å². The number of halogens is 1. The van der Waals surface area contributed by atoms with Gasteiger partial charge in [-0.25, -0.2) is 0 Å². The lowest BCUT2D eigenvalue weighted by molar-refractivity contribution is -0.383. The molecule has 4 aromatic rings. The Morgan fingerprint density at radius 2 is 1.64 bits per heavy atom. The molecule has 2 aromatic heterocycles. The van der Waals surface area contributed by atoms with Gasteiger partial charge >= 0.3 is 0 Å². The highest BCUT2D eigenvalue weighted by Crippen LogP contribution is 2.25. The minimum Gasteiger partial charge on any atom is -0.271 e. The second-order valence-electron chi connectivity index (χ2n) is 4.84. The number of hydrogen-bond donors (Lipinski definition) is 2. The first kappa shape index (κ1) is 16.8. The smallest absolute Gasteiger partial charge is 0.271 e. The van der Waals surface area contributed by atoms with Crippen LogP contribution in [0.5, 0.6) is 0 Å². The van der Waals surface area contributed by atoms with Crippen molar-refractivity contribution in [3.63, 3.8) is 0 Å². The standard InChI is InChI=1S/C7H4IN3O2.C7H5N3O2/c8-7-4-2-1-3-5(11(12)13)6(4)9-10-7;11-10(12)6-3-1-2-5-4-8-9-7(5)6/h1-3H,(H,9,10);1-4H,(H,8,9). The number of benzene rings is 2. The van der Waals surface area contributed by atoms with E-state index in [9.17, 15) is 20.2 Å². The van der Waals surface area contributed by atoms with Gasteiger partial charge in [0.2, 0.25) is 0 Å². The van der Waals surface area contributed by atoms with Crippen molar-refractivity contribution in [3.8, 4) is 0 Å². The number of H-pyrrole nitrogens is 2. The van der Waals surface area contributed by atoms with Crippen LogP contribution >= 0.6 is 22.6 Å². The van der Waals surface area contributed by atoms with E-state index in [0.717, 1.165) is 14.5 Å². The van der Waals surface area contributed by atoms with Crippen molar-refractivity contribution in [2.24, 2.45) is 0 Å². The number of aromatic amines is 2. The summed E-state index contributed by atoms with van der Waals surface area (Å²) in [7, 11) is 0. The van der Waals surface area contributed by atoms with Gasteiger partial charge in [-0.3, -0.25) is 30.4 Å². The molecule has 10 nitrogen and oxygen atoms in total. The van der Waals surface area contributed by atoms with Crippen LogP contribution < -0.4 is 0 Å². The maximum Gasteiger partial charge on any atom is 0.297 e. The lowest BCUT2D eigenvalue weighted by Crippen LogP contribution is -1.88. The van der Waals surface area contributed by atoms with Gasteiger partial charge in [0.1, 0.15) is 9.22 Å². The molecule has 2 heterocycles. The first-order chi connectivity index (χ1) is 12.0. The van der Waals surface area contributed by atoms with Gasteiger partial charge in [-0.1, -0.05) is 18.2 Å². The molecule has 0 saturated heterocycles. The molecule has 0 radical (unpaired) electrons. The number of rotatable bonds is 2. The summed E-state index contributed by atoms with van der Waals surface area (Å²) in [5, 5.41) is 35.4. The predicted molar refractivity (Wildman–Crippen MR) is 98.2 cm³/mol. The zero-order valence-electron chi connectivity index (χ0n) is 12.3. The van der Waals surface area contributed by atoms with Gasteiger partial charge < -0.3 is 0 Å². The maximum atomic E-state index is 10.6. The first-order valence-corrected chi connectivity index (χ1v) is 7.90. The number of nitro groups is 2. The molecule has 0 spiro atoms. The summed E-state index contributed by atoms with van der Waals surface area (Å²) in [6.07, 6.45) is 1.56. The Hall–Kier alpha value is -3.09. The second kappa shape index (κ2) is 6.80. The monoisotopic (exact) mass is 452 g/mol. The fraction of sp³-hybridized carbons (Fsp3) is 0. The average molecular weight is 452 g/mol. The SMILES string of the molecule is O=[N+]([O-])c1cccc2c(I)[nH]nc12.O=[N+]([O-])c1cccc2cn[nH]c12. The van der Waals surface area contributed by atoms with E-state index >= 15 is 0 Å². The summed E-state index contributed by atoms with van der Waals surface area (Å²) in [5.41, 5.74) is 0.987. The molecule has 0 aliphatic heterocycles. The molecule has 2 aromatic carbocycles. The van der Waals surface area contributed by atoms with Gasteiger partial charge in [-0.05, 0) is 28.7 Å². The predicted octanol–water partition coefficient (Wildman–Crippen LogP) is 3.55. The van der Waals surface area contributed by atoms with Gasteiger partial charge in [-0.15, -0.1) is 0 Å². The Balaban J connectivity index is 0.000000146. The van der Waals surface area contributed by atoms with Crippen LogP contribution in [-0.4, -0.2) is 30.2 Å². The van der Waals surface area contributed by atoms with Gasteiger partial charge in [-0.2, -0.15) is 10.2 Å². The van der Waals surface area contributed by atoms with Crippen molar-refractivity contribution in [3.05, 3.63) is 66.5 Å². The first-order valence-electron chi connectivity index (χ1n) is 6.82. The topological polar surface area (TPSA) is 144 Å². The summed E-state index contributed by atoms with van der Waals surface area (Å²) in [6.45, 7) is 0. The van der Waals surface area contributed by atoms with Crippen molar-refractivity contribution in [1.82, 2.24) is 20.4 Å². The summed E-state index contributed by atoms with van der Waals surface area (Å²) < 4.78 is 0.816. The Morgan fingerprint density at radius 3 is 2.36 bits per heavy atom. The number of nitrogens with zero attached hydrogens (tertiary/aromatic N) is 4. The van der Waals surface area contributed by atoms with Gasteiger partial charge in [0.05, 0.1) is 16.0 Å². The van der Waals surface area contributed by atoms with Gasteiger partial charge in [0.15, 0.2) is 5.52 Å². The quantitative estimate of drug-likeness (QED) is 0.271. The van der Waals surface area contributed by atoms with Crippen molar-refractivity contribution in [2.75, 3.05) is 0 Å². The number of nitro benzene ring substituents is 2. The molecule has 0 bridgehead atoms. The highest BCUT2D eigenvalue weighted by atomic mass is 127. The van der Waals surface area contributed by atoms with Gasteiger partial charge in [0.25, 0.3) is 11.4 Å². The molecule has 11 heteroatoms. The minimum absolute atomic E-state index is 0.0386. The number of aromatic nitrogens is 4. The van der Waals surface area contributed by atoms with Crippen LogP contribution in [0.25, 0.3) is 21.8 Å². The van der Waals surface area contributed by atoms with Crippen LogP contribution in [0.4, 0.5) is 11.4 Å². The maximum absolute atomic E-state index is 10.6. The molecule has 0 aliphatic carbocycles. The largest absolute Gasteiger partial charge is 0.297 e. The van der Waals surface area contributed by atoms with Crippen LogP contribution in [0.3, 0.4) is 0 Å². The highest BCUT2D eigenvalue weighted by molar-refractivity contribution is 14.1. The number of para-hydroxylation sites is 2. The van der Waals surface area contributed by atoms with Crippen molar-refractivity contribution in [2.45, 2.75) is 0 Å². The fourth-order valence-electron chi connectivity index (χ4n) is 2.24. The molecule has 0 saturated carbocycles. The molecule has 4 rings (SSSR count). The summed E-state index contributed by atoms with van der Waals surface area (Å²) >= 11 is 2.05. The number of hydrogen-bond acceptors (Lipinski definition) is 6. The molecule has 0 amide bonds. The van der Waals surface area contributed by atoms with E-state index in [0.29, 0.717) is 11.0 Å². The molecule has 25 heavy (non-hydrogen) atoms. The molecule has 0 unspecified atom stereocenters. The summed E-state index contributed by atoms with van der Waals surface area (Å²) in [4.78, 5) is 20.2. The molecule has 0 fully saturated rings.